The summed E-state index contributed by atoms with van der Waals surface area (Å²) >= 11 is 0. The van der Waals surface area contributed by atoms with E-state index in [0.717, 1.165) is 5.39 Å². The van der Waals surface area contributed by atoms with Crippen LogP contribution in [-0.4, -0.2) is 4.57 Å². The average Bonchev–Trinajstić information content (AvgIpc) is 3.11. The fourth-order valence-electron chi connectivity index (χ4n) is 4.58. The molecule has 0 aliphatic carbocycles. The maximum atomic E-state index is 3.47. The second-order valence-electron chi connectivity index (χ2n) is 7.83. The third-order valence-electron chi connectivity index (χ3n) is 6.12. The zero-order valence-electron chi connectivity index (χ0n) is 17.3. The first kappa shape index (κ1) is 20.2. The normalized spacial score (nSPS) is 11.1. The standard InChI is InChI=1S/C29H20N.Y/c1-30-28-18-16-24(22-13-11-21(12-14-22)20-7-3-2-4-8-20)19-27(28)26-17-15-23-9-5-6-10-25(23)29(26)30;/h2-14,16-19H,1H3;/q-1;. The molecular formula is C29H20NY-. The van der Waals surface area contributed by atoms with Crippen LogP contribution < -0.4 is 0 Å². The van der Waals surface area contributed by atoms with Crippen LogP contribution in [0.4, 0.5) is 0 Å². The van der Waals surface area contributed by atoms with E-state index in [2.05, 4.69) is 121 Å². The number of benzene rings is 5. The van der Waals surface area contributed by atoms with Crippen LogP contribution in [0, 0.1) is 6.07 Å². The summed E-state index contributed by atoms with van der Waals surface area (Å²) in [7, 11) is 2.16. The summed E-state index contributed by atoms with van der Waals surface area (Å²) in [6, 6.07) is 40.3. The predicted octanol–water partition coefficient (Wildman–Crippen LogP) is 7.62. The summed E-state index contributed by atoms with van der Waals surface area (Å²) < 4.78 is 2.31. The Morgan fingerprint density at radius 3 is 1.97 bits per heavy atom. The molecule has 0 amide bonds. The van der Waals surface area contributed by atoms with Crippen LogP contribution in [-0.2, 0) is 39.8 Å². The number of hydrogen-bond acceptors (Lipinski definition) is 0. The van der Waals surface area contributed by atoms with E-state index in [1.807, 2.05) is 0 Å². The molecule has 2 heteroatoms. The Hall–Kier alpha value is -2.74. The molecule has 0 aliphatic heterocycles. The van der Waals surface area contributed by atoms with Crippen molar-refractivity contribution in [3.63, 3.8) is 0 Å². The van der Waals surface area contributed by atoms with Gasteiger partial charge in [-0.05, 0) is 39.2 Å². The summed E-state index contributed by atoms with van der Waals surface area (Å²) in [4.78, 5) is 0. The summed E-state index contributed by atoms with van der Waals surface area (Å²) in [5, 5.41) is 4.95. The molecule has 0 unspecified atom stereocenters. The van der Waals surface area contributed by atoms with Gasteiger partial charge in [-0.15, -0.1) is 29.7 Å². The van der Waals surface area contributed by atoms with Gasteiger partial charge < -0.3 is 4.57 Å². The van der Waals surface area contributed by atoms with Gasteiger partial charge in [0.1, 0.15) is 0 Å². The van der Waals surface area contributed by atoms with Crippen molar-refractivity contribution in [1.29, 1.82) is 0 Å². The molecule has 1 aromatic heterocycles. The van der Waals surface area contributed by atoms with Gasteiger partial charge in [-0.1, -0.05) is 89.6 Å². The smallest absolute Gasteiger partial charge is 0.0381 e. The molecule has 0 N–H and O–H groups in total. The van der Waals surface area contributed by atoms with Crippen LogP contribution in [0.25, 0.3) is 54.8 Å². The molecule has 5 aromatic carbocycles. The SMILES string of the molecule is Cn1c2ccc(-c3ccc(-c4ccccc4)cc3)cc2c2c[c-]c3ccccc3c21.[Y]. The summed E-state index contributed by atoms with van der Waals surface area (Å²) in [5.41, 5.74) is 7.49. The van der Waals surface area contributed by atoms with Gasteiger partial charge in [0, 0.05) is 45.3 Å². The first-order valence-corrected chi connectivity index (χ1v) is 10.3. The van der Waals surface area contributed by atoms with Gasteiger partial charge in [0.05, 0.1) is 0 Å². The van der Waals surface area contributed by atoms with Crippen molar-refractivity contribution < 1.29 is 32.7 Å². The minimum Gasteiger partial charge on any atom is -0.361 e. The zero-order valence-corrected chi connectivity index (χ0v) is 20.2. The Labute approximate surface area is 207 Å². The van der Waals surface area contributed by atoms with Gasteiger partial charge in [0.15, 0.2) is 0 Å². The second-order valence-corrected chi connectivity index (χ2v) is 7.83. The van der Waals surface area contributed by atoms with E-state index in [0.29, 0.717) is 0 Å². The molecule has 1 heterocycles. The van der Waals surface area contributed by atoms with E-state index in [4.69, 9.17) is 0 Å². The van der Waals surface area contributed by atoms with Crippen LogP contribution >= 0.6 is 0 Å². The molecule has 145 valence electrons. The number of aryl methyl sites for hydroxylation is 1. The molecule has 0 fully saturated rings. The predicted molar refractivity (Wildman–Crippen MR) is 128 cm³/mol. The summed E-state index contributed by atoms with van der Waals surface area (Å²) in [5.74, 6) is 0. The molecular weight excluding hydrogens is 451 g/mol. The van der Waals surface area contributed by atoms with Crippen molar-refractivity contribution in [1.82, 2.24) is 4.57 Å². The maximum absolute atomic E-state index is 3.47. The van der Waals surface area contributed by atoms with Crippen LogP contribution in [0.5, 0.6) is 0 Å². The van der Waals surface area contributed by atoms with Gasteiger partial charge in [0.2, 0.25) is 0 Å². The first-order valence-electron chi connectivity index (χ1n) is 10.3. The maximum Gasteiger partial charge on any atom is 0.0381 e. The van der Waals surface area contributed by atoms with E-state index in [9.17, 15) is 0 Å². The van der Waals surface area contributed by atoms with Gasteiger partial charge in [-0.25, -0.2) is 0 Å². The molecule has 0 spiro atoms. The Morgan fingerprint density at radius 1 is 0.581 bits per heavy atom. The van der Waals surface area contributed by atoms with Gasteiger partial charge in [-0.2, -0.15) is 0 Å². The van der Waals surface area contributed by atoms with Gasteiger partial charge in [-0.3, -0.25) is 0 Å². The molecule has 6 aromatic rings. The van der Waals surface area contributed by atoms with Gasteiger partial charge >= 0.3 is 0 Å². The molecule has 0 aliphatic rings. The third kappa shape index (κ3) is 3.33. The number of hydrogen-bond donors (Lipinski definition) is 0. The Kier molecular flexibility index (Phi) is 5.26. The first-order chi connectivity index (χ1) is 14.8. The van der Waals surface area contributed by atoms with Crippen molar-refractivity contribution in [3.8, 4) is 22.3 Å². The monoisotopic (exact) mass is 471 g/mol. The fraction of sp³-hybridized carbons (Fsp3) is 0.0345. The van der Waals surface area contributed by atoms with Crippen molar-refractivity contribution in [2.45, 2.75) is 0 Å². The molecule has 31 heavy (non-hydrogen) atoms. The fourth-order valence-corrected chi connectivity index (χ4v) is 4.58. The minimum atomic E-state index is 0. The van der Waals surface area contributed by atoms with Crippen molar-refractivity contribution in [2.24, 2.45) is 7.05 Å². The van der Waals surface area contributed by atoms with E-state index < -0.39 is 0 Å². The van der Waals surface area contributed by atoms with Crippen LogP contribution in [0.2, 0.25) is 0 Å². The molecule has 0 atom stereocenters. The quantitative estimate of drug-likeness (QED) is 0.229. The van der Waals surface area contributed by atoms with Crippen molar-refractivity contribution >= 4 is 32.6 Å². The number of aromatic nitrogens is 1. The molecule has 1 radical (unpaired) electrons. The van der Waals surface area contributed by atoms with Crippen molar-refractivity contribution in [2.75, 3.05) is 0 Å². The van der Waals surface area contributed by atoms with E-state index in [-0.39, 0.29) is 32.7 Å². The molecule has 0 saturated carbocycles. The van der Waals surface area contributed by atoms with E-state index >= 15 is 0 Å². The van der Waals surface area contributed by atoms with Crippen LogP contribution in [0.15, 0.2) is 103 Å². The summed E-state index contributed by atoms with van der Waals surface area (Å²) in [6.45, 7) is 0. The Morgan fingerprint density at radius 2 is 1.19 bits per heavy atom. The second kappa shape index (κ2) is 8.07. The van der Waals surface area contributed by atoms with E-state index in [1.165, 1.54) is 49.4 Å². The average molecular weight is 471 g/mol. The molecule has 6 rings (SSSR count). The molecule has 0 bridgehead atoms. The topological polar surface area (TPSA) is 4.93 Å². The number of fused-ring (bicyclic) bond motifs is 5. The van der Waals surface area contributed by atoms with Crippen molar-refractivity contribution in [3.05, 3.63) is 109 Å². The van der Waals surface area contributed by atoms with Gasteiger partial charge in [0.25, 0.3) is 0 Å². The molecule has 1 nitrogen and oxygen atoms in total. The van der Waals surface area contributed by atoms with Crippen LogP contribution in [0.1, 0.15) is 0 Å². The third-order valence-corrected chi connectivity index (χ3v) is 6.12. The largest absolute Gasteiger partial charge is 0.361 e. The number of rotatable bonds is 2. The van der Waals surface area contributed by atoms with Crippen LogP contribution in [0.3, 0.4) is 0 Å². The minimum absolute atomic E-state index is 0. The molecule has 0 saturated heterocycles. The zero-order chi connectivity index (χ0) is 20.1. The summed E-state index contributed by atoms with van der Waals surface area (Å²) in [6.07, 6.45) is 0. The Balaban J connectivity index is 0.00000204. The van der Waals surface area contributed by atoms with E-state index in [1.54, 1.807) is 0 Å². The Bertz CT molecular complexity index is 1530. The number of nitrogens with zero attached hydrogens (tertiary/aromatic N) is 1.